The van der Waals surface area contributed by atoms with E-state index in [-0.39, 0.29) is 25.2 Å². The Hall–Kier alpha value is -1.70. The first-order valence-electron chi connectivity index (χ1n) is 5.68. The lowest BCUT2D eigenvalue weighted by molar-refractivity contribution is -0.137. The number of urea groups is 1. The summed E-state index contributed by atoms with van der Waals surface area (Å²) in [7, 11) is 0. The van der Waals surface area contributed by atoms with Crippen molar-refractivity contribution in [2.45, 2.75) is 33.2 Å². The molecule has 0 rings (SSSR count). The normalized spacial score (nSPS) is 11.4. The van der Waals surface area contributed by atoms with E-state index in [9.17, 15) is 9.59 Å². The van der Waals surface area contributed by atoms with Crippen LogP contribution >= 0.6 is 0 Å². The average molecular weight is 240 g/mol. The molecule has 0 aliphatic rings. The number of carbonyl (C=O) groups excluding carboxylic acids is 1. The maximum Gasteiger partial charge on any atom is 0.323 e. The zero-order chi connectivity index (χ0) is 13.4. The fraction of sp³-hybridized carbons (Fsp3) is 0.667. The summed E-state index contributed by atoms with van der Waals surface area (Å²) in [6, 6.07) is -0.247. The van der Waals surface area contributed by atoms with E-state index >= 15 is 0 Å². The van der Waals surface area contributed by atoms with Crippen LogP contribution < -0.4 is 0 Å². The van der Waals surface area contributed by atoms with Crippen molar-refractivity contribution in [2.24, 2.45) is 0 Å². The minimum atomic E-state index is -1.06. The number of hydrogen-bond acceptors (Lipinski definition) is 2. The molecule has 96 valence electrons. The number of carboxylic acid groups (broad SMARTS) is 1. The van der Waals surface area contributed by atoms with Crippen LogP contribution in [0.3, 0.4) is 0 Å². The summed E-state index contributed by atoms with van der Waals surface area (Å²) in [6.45, 7) is 5.95. The van der Waals surface area contributed by atoms with Crippen molar-refractivity contribution in [3.05, 3.63) is 0 Å². The quantitative estimate of drug-likeness (QED) is 0.711. The van der Waals surface area contributed by atoms with Gasteiger partial charge in [0.15, 0.2) is 0 Å². The zero-order valence-electron chi connectivity index (χ0n) is 10.6. The van der Waals surface area contributed by atoms with Gasteiger partial charge in [0.05, 0.1) is 6.54 Å². The van der Waals surface area contributed by atoms with Gasteiger partial charge in [0.2, 0.25) is 0 Å². The van der Waals surface area contributed by atoms with Gasteiger partial charge < -0.3 is 14.9 Å². The van der Waals surface area contributed by atoms with E-state index in [0.29, 0.717) is 6.54 Å². The molecule has 17 heavy (non-hydrogen) atoms. The van der Waals surface area contributed by atoms with E-state index in [0.717, 1.165) is 11.3 Å². The summed E-state index contributed by atoms with van der Waals surface area (Å²) < 4.78 is 0. The van der Waals surface area contributed by atoms with E-state index in [1.54, 1.807) is 4.90 Å². The second kappa shape index (κ2) is 7.55. The maximum atomic E-state index is 12.1. The number of nitrogens with zero attached hydrogens (tertiary/aromatic N) is 2. The molecule has 0 saturated heterocycles. The minimum absolute atomic E-state index is 0.0120. The summed E-state index contributed by atoms with van der Waals surface area (Å²) in [4.78, 5) is 25.5. The molecule has 0 heterocycles. The van der Waals surface area contributed by atoms with Crippen molar-refractivity contribution in [1.82, 2.24) is 9.80 Å². The molecule has 0 aromatic carbocycles. The van der Waals surface area contributed by atoms with E-state index in [1.807, 2.05) is 20.8 Å². The van der Waals surface area contributed by atoms with Crippen LogP contribution in [0, 0.1) is 12.3 Å². The van der Waals surface area contributed by atoms with Crippen LogP contribution in [0.25, 0.3) is 0 Å². The average Bonchev–Trinajstić information content (AvgIpc) is 2.28. The first-order valence-corrected chi connectivity index (χ1v) is 5.68. The molecule has 5 heteroatoms. The van der Waals surface area contributed by atoms with Gasteiger partial charge in [-0.2, -0.15) is 0 Å². The Kier molecular flexibility index (Phi) is 6.80. The molecule has 0 aromatic rings. The van der Waals surface area contributed by atoms with Gasteiger partial charge in [0, 0.05) is 12.6 Å². The first-order chi connectivity index (χ1) is 7.97. The molecule has 5 nitrogen and oxygen atoms in total. The Morgan fingerprint density at radius 3 is 2.35 bits per heavy atom. The molecule has 1 N–H and O–H groups in total. The molecule has 1 unspecified atom stereocenters. The number of terminal acetylenes is 1. The molecule has 0 spiro atoms. The van der Waals surface area contributed by atoms with Crippen LogP contribution in [0.5, 0.6) is 0 Å². The van der Waals surface area contributed by atoms with Crippen LogP contribution in [0.15, 0.2) is 0 Å². The van der Waals surface area contributed by atoms with Crippen molar-refractivity contribution in [2.75, 3.05) is 19.6 Å². The summed E-state index contributed by atoms with van der Waals surface area (Å²) in [6.07, 6.45) is 5.95. The summed E-state index contributed by atoms with van der Waals surface area (Å²) in [5.41, 5.74) is 0. The number of carbonyl (C=O) groups is 2. The van der Waals surface area contributed by atoms with E-state index < -0.39 is 5.97 Å². The van der Waals surface area contributed by atoms with E-state index in [1.165, 1.54) is 0 Å². The lowest BCUT2D eigenvalue weighted by Gasteiger charge is -2.32. The molecule has 0 saturated carbocycles. The largest absolute Gasteiger partial charge is 0.480 e. The minimum Gasteiger partial charge on any atom is -0.480 e. The molecule has 0 fully saturated rings. The van der Waals surface area contributed by atoms with Gasteiger partial charge in [-0.05, 0) is 20.3 Å². The molecule has 0 aliphatic heterocycles. The Balaban J connectivity index is 4.79. The number of rotatable bonds is 6. The Labute approximate surface area is 102 Å². The molecule has 0 radical (unpaired) electrons. The van der Waals surface area contributed by atoms with Crippen LogP contribution in [-0.4, -0.2) is 52.6 Å². The summed E-state index contributed by atoms with van der Waals surface area (Å²) >= 11 is 0. The van der Waals surface area contributed by atoms with Gasteiger partial charge >= 0.3 is 12.0 Å². The SMILES string of the molecule is C#CCN(CC(=O)O)C(=O)N(CC)C(C)CC. The predicted molar refractivity (Wildman–Crippen MR) is 65.6 cm³/mol. The van der Waals surface area contributed by atoms with Crippen molar-refractivity contribution >= 4 is 12.0 Å². The molecule has 2 amide bonds. The third-order valence-electron chi connectivity index (χ3n) is 2.59. The van der Waals surface area contributed by atoms with Crippen molar-refractivity contribution in [1.29, 1.82) is 0 Å². The van der Waals surface area contributed by atoms with Crippen LogP contribution in [0.1, 0.15) is 27.2 Å². The van der Waals surface area contributed by atoms with Gasteiger partial charge in [-0.25, -0.2) is 4.79 Å². The monoisotopic (exact) mass is 240 g/mol. The highest BCUT2D eigenvalue weighted by molar-refractivity contribution is 5.80. The third kappa shape index (κ3) is 4.77. The second-order valence-electron chi connectivity index (χ2n) is 3.78. The Morgan fingerprint density at radius 2 is 2.00 bits per heavy atom. The molecular formula is C12H20N2O3. The lowest BCUT2D eigenvalue weighted by atomic mass is 10.2. The second-order valence-corrected chi connectivity index (χ2v) is 3.78. The maximum absolute atomic E-state index is 12.1. The van der Waals surface area contributed by atoms with Crippen LogP contribution in [-0.2, 0) is 4.79 Å². The van der Waals surface area contributed by atoms with Crippen molar-refractivity contribution in [3.8, 4) is 12.3 Å². The number of hydrogen-bond donors (Lipinski definition) is 1. The molecule has 0 bridgehead atoms. The van der Waals surface area contributed by atoms with Gasteiger partial charge in [-0.1, -0.05) is 12.8 Å². The van der Waals surface area contributed by atoms with Gasteiger partial charge in [0.25, 0.3) is 0 Å². The van der Waals surface area contributed by atoms with Gasteiger partial charge in [-0.3, -0.25) is 4.79 Å². The number of carboxylic acids is 1. The Morgan fingerprint density at radius 1 is 1.41 bits per heavy atom. The van der Waals surface area contributed by atoms with Crippen molar-refractivity contribution in [3.63, 3.8) is 0 Å². The topological polar surface area (TPSA) is 60.9 Å². The fourth-order valence-corrected chi connectivity index (χ4v) is 1.50. The Bertz CT molecular complexity index is 309. The van der Waals surface area contributed by atoms with Crippen molar-refractivity contribution < 1.29 is 14.7 Å². The van der Waals surface area contributed by atoms with Crippen LogP contribution in [0.2, 0.25) is 0 Å². The summed E-state index contributed by atoms with van der Waals surface area (Å²) in [5.74, 6) is 1.24. The molecule has 0 aliphatic carbocycles. The first kappa shape index (κ1) is 15.3. The molecular weight excluding hydrogens is 220 g/mol. The third-order valence-corrected chi connectivity index (χ3v) is 2.59. The zero-order valence-corrected chi connectivity index (χ0v) is 10.6. The van der Waals surface area contributed by atoms with E-state index in [4.69, 9.17) is 11.5 Å². The van der Waals surface area contributed by atoms with Gasteiger partial charge in [0.1, 0.15) is 6.54 Å². The summed E-state index contributed by atoms with van der Waals surface area (Å²) in [5, 5.41) is 8.73. The number of amides is 2. The predicted octanol–water partition coefficient (Wildman–Crippen LogP) is 1.25. The highest BCUT2D eigenvalue weighted by atomic mass is 16.4. The van der Waals surface area contributed by atoms with Crippen LogP contribution in [0.4, 0.5) is 4.79 Å². The highest BCUT2D eigenvalue weighted by Crippen LogP contribution is 2.07. The number of aliphatic carboxylic acids is 1. The lowest BCUT2D eigenvalue weighted by Crippen LogP contribution is -2.48. The molecule has 1 atom stereocenters. The standard InChI is InChI=1S/C12H20N2O3/c1-5-8-13(9-11(15)16)12(17)14(7-3)10(4)6-2/h1,10H,6-9H2,2-4H3,(H,15,16). The molecule has 0 aromatic heterocycles. The fourth-order valence-electron chi connectivity index (χ4n) is 1.50. The highest BCUT2D eigenvalue weighted by Gasteiger charge is 2.24. The smallest absolute Gasteiger partial charge is 0.323 e. The van der Waals surface area contributed by atoms with E-state index in [2.05, 4.69) is 5.92 Å². The van der Waals surface area contributed by atoms with Gasteiger partial charge in [-0.15, -0.1) is 6.42 Å².